The normalized spacial score (nSPS) is 13.4. The Bertz CT molecular complexity index is 981. The third-order valence-corrected chi connectivity index (χ3v) is 5.00. The number of hydrogen-bond donors (Lipinski definition) is 0. The fraction of sp³-hybridized carbons (Fsp3) is 0.348. The number of benzene rings is 2. The number of nitrogens with zero attached hydrogens (tertiary/aromatic N) is 3. The van der Waals surface area contributed by atoms with E-state index in [2.05, 4.69) is 52.8 Å². The van der Waals surface area contributed by atoms with Crippen molar-refractivity contribution in [2.45, 2.75) is 19.5 Å². The Morgan fingerprint density at radius 1 is 1.07 bits per heavy atom. The van der Waals surface area contributed by atoms with E-state index in [1.807, 2.05) is 24.7 Å². The third kappa shape index (κ3) is 4.22. The van der Waals surface area contributed by atoms with Crippen molar-refractivity contribution in [3.05, 3.63) is 60.0 Å². The predicted octanol–water partition coefficient (Wildman–Crippen LogP) is 3.83. The average molecular weight is 393 g/mol. The molecular formula is C23H27N3O3. The predicted molar refractivity (Wildman–Crippen MR) is 113 cm³/mol. The fourth-order valence-corrected chi connectivity index (χ4v) is 3.62. The molecule has 0 saturated carbocycles. The molecule has 0 radical (unpaired) electrons. The Morgan fingerprint density at radius 2 is 1.79 bits per heavy atom. The van der Waals surface area contributed by atoms with E-state index in [9.17, 15) is 0 Å². The molecule has 152 valence electrons. The van der Waals surface area contributed by atoms with Crippen LogP contribution in [0.25, 0.3) is 11.3 Å². The summed E-state index contributed by atoms with van der Waals surface area (Å²) in [5.74, 6) is 2.22. The zero-order valence-corrected chi connectivity index (χ0v) is 17.2. The van der Waals surface area contributed by atoms with Gasteiger partial charge in [-0.15, -0.1) is 0 Å². The van der Waals surface area contributed by atoms with Crippen LogP contribution in [-0.4, -0.2) is 48.9 Å². The molecule has 1 aromatic heterocycles. The van der Waals surface area contributed by atoms with Crippen LogP contribution in [0.3, 0.4) is 0 Å². The van der Waals surface area contributed by atoms with Gasteiger partial charge in [0.25, 0.3) is 0 Å². The molecule has 0 unspecified atom stereocenters. The second-order valence-corrected chi connectivity index (χ2v) is 7.46. The Hall–Kier alpha value is -2.99. The van der Waals surface area contributed by atoms with Gasteiger partial charge in [-0.3, -0.25) is 0 Å². The first-order valence-electron chi connectivity index (χ1n) is 9.85. The Balaban J connectivity index is 1.71. The average Bonchev–Trinajstić information content (AvgIpc) is 3.04. The zero-order valence-electron chi connectivity index (χ0n) is 17.2. The van der Waals surface area contributed by atoms with Gasteiger partial charge < -0.3 is 23.7 Å². The molecule has 0 atom stereocenters. The highest BCUT2D eigenvalue weighted by Crippen LogP contribution is 2.41. The molecule has 0 N–H and O–H groups in total. The largest absolute Gasteiger partial charge is 0.496 e. The summed E-state index contributed by atoms with van der Waals surface area (Å²) in [6.07, 6.45) is 4.60. The lowest BCUT2D eigenvalue weighted by molar-refractivity contribution is 0.296. The first-order chi connectivity index (χ1) is 14.2. The number of imidazole rings is 1. The maximum absolute atomic E-state index is 5.89. The third-order valence-electron chi connectivity index (χ3n) is 5.00. The second kappa shape index (κ2) is 8.57. The van der Waals surface area contributed by atoms with E-state index in [1.54, 1.807) is 7.11 Å². The van der Waals surface area contributed by atoms with Crippen molar-refractivity contribution in [2.24, 2.45) is 0 Å². The molecule has 6 nitrogen and oxygen atoms in total. The minimum absolute atomic E-state index is 0.649. The van der Waals surface area contributed by atoms with Crippen molar-refractivity contribution in [1.82, 2.24) is 14.5 Å². The Kier molecular flexibility index (Phi) is 5.71. The molecule has 1 aliphatic heterocycles. The molecule has 3 aromatic rings. The number of methoxy groups -OCH3 is 1. The number of rotatable bonds is 6. The van der Waals surface area contributed by atoms with Crippen LogP contribution < -0.4 is 14.2 Å². The molecule has 0 bridgehead atoms. The standard InChI is InChI=1S/C23H27N3O3/c1-25(2)14-17-7-4-5-8-18(17)15-26-16-24-13-20(26)19-11-22-23(12-21(19)27-3)29-10-6-9-28-22/h4-5,7-8,11-13,16H,6,9-10,14-15H2,1-3H3. The van der Waals surface area contributed by atoms with E-state index < -0.39 is 0 Å². The van der Waals surface area contributed by atoms with Crippen LogP contribution in [0.5, 0.6) is 17.2 Å². The van der Waals surface area contributed by atoms with Crippen LogP contribution in [0.1, 0.15) is 17.5 Å². The second-order valence-electron chi connectivity index (χ2n) is 7.46. The summed E-state index contributed by atoms with van der Waals surface area (Å²) in [5, 5.41) is 0. The SMILES string of the molecule is COc1cc2c(cc1-c1cncn1Cc1ccccc1CN(C)C)OCCCO2. The van der Waals surface area contributed by atoms with Gasteiger partial charge in [0.1, 0.15) is 5.75 Å². The summed E-state index contributed by atoms with van der Waals surface area (Å²) < 4.78 is 19.5. The van der Waals surface area contributed by atoms with E-state index in [-0.39, 0.29) is 0 Å². The van der Waals surface area contributed by atoms with Crippen LogP contribution >= 0.6 is 0 Å². The molecule has 2 heterocycles. The van der Waals surface area contributed by atoms with Gasteiger partial charge in [-0.25, -0.2) is 4.98 Å². The van der Waals surface area contributed by atoms with Crippen molar-refractivity contribution in [3.8, 4) is 28.5 Å². The van der Waals surface area contributed by atoms with E-state index in [0.29, 0.717) is 13.2 Å². The van der Waals surface area contributed by atoms with Crippen molar-refractivity contribution < 1.29 is 14.2 Å². The highest BCUT2D eigenvalue weighted by atomic mass is 16.5. The zero-order chi connectivity index (χ0) is 20.2. The molecule has 0 amide bonds. The lowest BCUT2D eigenvalue weighted by Gasteiger charge is -2.17. The van der Waals surface area contributed by atoms with Gasteiger partial charge >= 0.3 is 0 Å². The molecule has 6 heteroatoms. The summed E-state index contributed by atoms with van der Waals surface area (Å²) in [5.41, 5.74) is 4.51. The molecule has 0 aliphatic carbocycles. The monoisotopic (exact) mass is 393 g/mol. The molecule has 0 fully saturated rings. The van der Waals surface area contributed by atoms with Gasteiger partial charge in [0.05, 0.1) is 38.5 Å². The van der Waals surface area contributed by atoms with Gasteiger partial charge in [0.2, 0.25) is 0 Å². The van der Waals surface area contributed by atoms with Crippen LogP contribution in [0, 0.1) is 0 Å². The van der Waals surface area contributed by atoms with Crippen LogP contribution in [-0.2, 0) is 13.1 Å². The van der Waals surface area contributed by atoms with Crippen LogP contribution in [0.4, 0.5) is 0 Å². The highest BCUT2D eigenvalue weighted by Gasteiger charge is 2.19. The minimum Gasteiger partial charge on any atom is -0.496 e. The topological polar surface area (TPSA) is 48.8 Å². The van der Waals surface area contributed by atoms with Crippen molar-refractivity contribution in [3.63, 3.8) is 0 Å². The Morgan fingerprint density at radius 3 is 2.52 bits per heavy atom. The molecule has 0 spiro atoms. The number of aromatic nitrogens is 2. The molecular weight excluding hydrogens is 366 g/mol. The maximum Gasteiger partial charge on any atom is 0.164 e. The van der Waals surface area contributed by atoms with Crippen molar-refractivity contribution in [1.29, 1.82) is 0 Å². The van der Waals surface area contributed by atoms with Crippen molar-refractivity contribution >= 4 is 0 Å². The first-order valence-corrected chi connectivity index (χ1v) is 9.85. The summed E-state index contributed by atoms with van der Waals surface area (Å²) in [6.45, 7) is 2.93. The molecule has 29 heavy (non-hydrogen) atoms. The molecule has 2 aromatic carbocycles. The smallest absolute Gasteiger partial charge is 0.164 e. The van der Waals surface area contributed by atoms with E-state index >= 15 is 0 Å². The summed E-state index contributed by atoms with van der Waals surface area (Å²) >= 11 is 0. The molecule has 1 aliphatic rings. The van der Waals surface area contributed by atoms with Gasteiger partial charge in [-0.05, 0) is 31.3 Å². The van der Waals surface area contributed by atoms with Gasteiger partial charge in [0.15, 0.2) is 11.5 Å². The number of fused-ring (bicyclic) bond motifs is 1. The fourth-order valence-electron chi connectivity index (χ4n) is 3.62. The minimum atomic E-state index is 0.649. The quantitative estimate of drug-likeness (QED) is 0.637. The first kappa shape index (κ1) is 19.3. The highest BCUT2D eigenvalue weighted by molar-refractivity contribution is 5.72. The van der Waals surface area contributed by atoms with Gasteiger partial charge in [-0.2, -0.15) is 0 Å². The van der Waals surface area contributed by atoms with E-state index in [0.717, 1.165) is 48.0 Å². The van der Waals surface area contributed by atoms with E-state index in [4.69, 9.17) is 14.2 Å². The van der Waals surface area contributed by atoms with Gasteiger partial charge in [-0.1, -0.05) is 24.3 Å². The van der Waals surface area contributed by atoms with Crippen LogP contribution in [0.15, 0.2) is 48.9 Å². The lowest BCUT2D eigenvalue weighted by atomic mass is 10.1. The molecule has 0 saturated heterocycles. The van der Waals surface area contributed by atoms with Crippen LogP contribution in [0.2, 0.25) is 0 Å². The maximum atomic E-state index is 5.89. The number of ether oxygens (including phenoxy) is 3. The van der Waals surface area contributed by atoms with Gasteiger partial charge in [0, 0.05) is 31.1 Å². The lowest BCUT2D eigenvalue weighted by Crippen LogP contribution is -2.13. The van der Waals surface area contributed by atoms with E-state index in [1.165, 1.54) is 11.1 Å². The number of hydrogen-bond acceptors (Lipinski definition) is 5. The summed E-state index contributed by atoms with van der Waals surface area (Å²) in [6, 6.07) is 12.4. The Labute approximate surface area is 171 Å². The summed E-state index contributed by atoms with van der Waals surface area (Å²) in [4.78, 5) is 6.60. The van der Waals surface area contributed by atoms with Crippen molar-refractivity contribution in [2.75, 3.05) is 34.4 Å². The molecule has 4 rings (SSSR count). The summed E-state index contributed by atoms with van der Waals surface area (Å²) in [7, 11) is 5.85.